The Bertz CT molecular complexity index is 353. The van der Waals surface area contributed by atoms with E-state index < -0.39 is 11.6 Å². The summed E-state index contributed by atoms with van der Waals surface area (Å²) >= 11 is 2.96. The predicted octanol–water partition coefficient (Wildman–Crippen LogP) is 1.97. The number of aromatic hydroxyl groups is 2. The van der Waals surface area contributed by atoms with Gasteiger partial charge in [-0.1, -0.05) is 12.2 Å². The fourth-order valence-corrected chi connectivity index (χ4v) is 1.39. The van der Waals surface area contributed by atoms with Crippen LogP contribution in [-0.4, -0.2) is 16.8 Å². The first-order valence-electron chi connectivity index (χ1n) is 3.84. The molecule has 0 aliphatic heterocycles. The quantitative estimate of drug-likeness (QED) is 0.714. The molecule has 0 aromatic heterocycles. The van der Waals surface area contributed by atoms with E-state index in [9.17, 15) is 9.50 Å². The van der Waals surface area contributed by atoms with E-state index in [1.807, 2.05) is 0 Å². The van der Waals surface area contributed by atoms with Crippen molar-refractivity contribution in [3.63, 3.8) is 0 Å². The lowest BCUT2D eigenvalue weighted by atomic mass is 10.1. The first-order valence-corrected chi connectivity index (χ1v) is 4.63. The summed E-state index contributed by atoms with van der Waals surface area (Å²) in [7, 11) is 0. The Morgan fingerprint density at radius 2 is 2.14 bits per heavy atom. The van der Waals surface area contributed by atoms with Gasteiger partial charge in [0.05, 0.1) is 4.47 Å². The van der Waals surface area contributed by atoms with E-state index in [1.54, 1.807) is 6.08 Å². The number of phenols is 2. The number of hydrogen-bond donors (Lipinski definition) is 3. The first kappa shape index (κ1) is 11.0. The van der Waals surface area contributed by atoms with Crippen LogP contribution < -0.4 is 5.73 Å². The molecule has 0 atom stereocenters. The van der Waals surface area contributed by atoms with Crippen LogP contribution >= 0.6 is 15.9 Å². The number of halogens is 2. The molecule has 0 unspecified atom stereocenters. The van der Waals surface area contributed by atoms with E-state index in [2.05, 4.69) is 15.9 Å². The van der Waals surface area contributed by atoms with Crippen molar-refractivity contribution in [1.29, 1.82) is 0 Å². The van der Waals surface area contributed by atoms with E-state index >= 15 is 0 Å². The summed E-state index contributed by atoms with van der Waals surface area (Å²) in [6.07, 6.45) is 2.97. The Kier molecular flexibility index (Phi) is 3.49. The Hall–Kier alpha value is -1.07. The molecule has 0 saturated carbocycles. The number of nitrogens with two attached hydrogens (primary N) is 1. The van der Waals surface area contributed by atoms with Crippen LogP contribution in [-0.2, 0) is 0 Å². The smallest absolute Gasteiger partial charge is 0.166 e. The monoisotopic (exact) mass is 261 g/mol. The number of phenolic OH excluding ortho intramolecular Hbond substituents is 2. The Morgan fingerprint density at radius 1 is 1.50 bits per heavy atom. The first-order chi connectivity index (χ1) is 6.57. The van der Waals surface area contributed by atoms with E-state index in [4.69, 9.17) is 10.8 Å². The zero-order valence-corrected chi connectivity index (χ0v) is 8.75. The van der Waals surface area contributed by atoms with Crippen LogP contribution in [0.5, 0.6) is 11.5 Å². The van der Waals surface area contributed by atoms with Crippen LogP contribution in [0.2, 0.25) is 0 Å². The molecule has 0 radical (unpaired) electrons. The van der Waals surface area contributed by atoms with Crippen molar-refractivity contribution in [2.24, 2.45) is 5.73 Å². The Labute approximate surface area is 88.8 Å². The van der Waals surface area contributed by atoms with Gasteiger partial charge in [0.25, 0.3) is 0 Å². The molecule has 0 saturated heterocycles. The summed E-state index contributed by atoms with van der Waals surface area (Å²) in [4.78, 5) is 0. The van der Waals surface area contributed by atoms with E-state index in [0.29, 0.717) is 0 Å². The van der Waals surface area contributed by atoms with Gasteiger partial charge < -0.3 is 15.9 Å². The maximum atomic E-state index is 13.1. The molecule has 5 heteroatoms. The molecule has 76 valence electrons. The summed E-state index contributed by atoms with van der Waals surface area (Å²) in [5.41, 5.74) is 5.39. The van der Waals surface area contributed by atoms with Crippen molar-refractivity contribution in [2.75, 3.05) is 6.54 Å². The normalized spacial score (nSPS) is 11.1. The highest BCUT2D eigenvalue weighted by molar-refractivity contribution is 9.10. The van der Waals surface area contributed by atoms with Gasteiger partial charge in [0, 0.05) is 18.2 Å². The summed E-state index contributed by atoms with van der Waals surface area (Å²) in [6.45, 7) is 0.267. The third kappa shape index (κ3) is 2.05. The van der Waals surface area contributed by atoms with Gasteiger partial charge in [-0.25, -0.2) is 4.39 Å². The molecule has 0 heterocycles. The molecule has 0 aliphatic carbocycles. The van der Waals surface area contributed by atoms with Crippen LogP contribution in [0.4, 0.5) is 4.39 Å². The second kappa shape index (κ2) is 4.43. The minimum Gasteiger partial charge on any atom is -0.504 e. The molecular formula is C9H9BrFNO2. The van der Waals surface area contributed by atoms with E-state index in [-0.39, 0.29) is 22.3 Å². The lowest BCUT2D eigenvalue weighted by molar-refractivity contribution is 0.398. The second-order valence-corrected chi connectivity index (χ2v) is 3.38. The Balaban J connectivity index is 3.32. The van der Waals surface area contributed by atoms with Gasteiger partial charge in [-0.3, -0.25) is 0 Å². The zero-order chi connectivity index (χ0) is 10.7. The lowest BCUT2D eigenvalue weighted by Crippen LogP contribution is -1.92. The van der Waals surface area contributed by atoms with Crippen molar-refractivity contribution in [3.8, 4) is 11.5 Å². The van der Waals surface area contributed by atoms with Crippen LogP contribution in [0, 0.1) is 5.82 Å². The maximum Gasteiger partial charge on any atom is 0.166 e. The third-order valence-corrected chi connectivity index (χ3v) is 2.43. The third-order valence-electron chi connectivity index (χ3n) is 1.63. The largest absolute Gasteiger partial charge is 0.504 e. The van der Waals surface area contributed by atoms with Crippen LogP contribution in [0.1, 0.15) is 5.56 Å². The minimum atomic E-state index is -0.642. The van der Waals surface area contributed by atoms with Crippen LogP contribution in [0.25, 0.3) is 6.08 Å². The van der Waals surface area contributed by atoms with Gasteiger partial charge in [0.1, 0.15) is 5.82 Å². The number of benzene rings is 1. The van der Waals surface area contributed by atoms with Gasteiger partial charge in [-0.2, -0.15) is 0 Å². The highest BCUT2D eigenvalue weighted by atomic mass is 79.9. The molecule has 0 fully saturated rings. The highest BCUT2D eigenvalue weighted by Crippen LogP contribution is 2.37. The van der Waals surface area contributed by atoms with Gasteiger partial charge >= 0.3 is 0 Å². The van der Waals surface area contributed by atoms with Crippen molar-refractivity contribution < 1.29 is 14.6 Å². The van der Waals surface area contributed by atoms with Gasteiger partial charge in [-0.05, 0) is 15.9 Å². The average molecular weight is 262 g/mol. The van der Waals surface area contributed by atoms with Gasteiger partial charge in [0.2, 0.25) is 0 Å². The van der Waals surface area contributed by atoms with Gasteiger partial charge in [-0.15, -0.1) is 0 Å². The van der Waals surface area contributed by atoms with Crippen molar-refractivity contribution >= 4 is 22.0 Å². The molecule has 1 aromatic carbocycles. The van der Waals surface area contributed by atoms with E-state index in [0.717, 1.165) is 6.07 Å². The van der Waals surface area contributed by atoms with Crippen molar-refractivity contribution in [2.45, 2.75) is 0 Å². The van der Waals surface area contributed by atoms with Crippen LogP contribution in [0.15, 0.2) is 16.6 Å². The predicted molar refractivity (Wildman–Crippen MR) is 55.5 cm³/mol. The second-order valence-electron chi connectivity index (χ2n) is 2.59. The molecule has 0 aliphatic rings. The van der Waals surface area contributed by atoms with Crippen molar-refractivity contribution in [1.82, 2.24) is 0 Å². The van der Waals surface area contributed by atoms with Crippen molar-refractivity contribution in [3.05, 3.63) is 28.0 Å². The molecule has 0 amide bonds. The fourth-order valence-electron chi connectivity index (χ4n) is 0.960. The summed E-state index contributed by atoms with van der Waals surface area (Å²) in [5.74, 6) is -1.51. The molecule has 1 aromatic rings. The minimum absolute atomic E-state index is 0.0949. The molecule has 1 rings (SSSR count). The Morgan fingerprint density at radius 3 is 2.71 bits per heavy atom. The van der Waals surface area contributed by atoms with Gasteiger partial charge in [0.15, 0.2) is 11.5 Å². The molecule has 0 spiro atoms. The molecule has 0 bridgehead atoms. The SMILES string of the molecule is NC/C=C/c1c(O)c(O)cc(F)c1Br. The van der Waals surface area contributed by atoms with Crippen LogP contribution in [0.3, 0.4) is 0 Å². The summed E-state index contributed by atoms with van der Waals surface area (Å²) < 4.78 is 13.2. The maximum absolute atomic E-state index is 13.1. The average Bonchev–Trinajstić information content (AvgIpc) is 2.15. The number of rotatable bonds is 2. The molecule has 14 heavy (non-hydrogen) atoms. The van der Waals surface area contributed by atoms with E-state index in [1.165, 1.54) is 6.08 Å². The topological polar surface area (TPSA) is 66.5 Å². The standard InChI is InChI=1S/C9H9BrFNO2/c10-8-5(2-1-3-12)9(14)7(13)4-6(8)11/h1-2,4,13-14H,3,12H2/b2-1+. The molecular weight excluding hydrogens is 253 g/mol. The fraction of sp³-hybridized carbons (Fsp3) is 0.111. The lowest BCUT2D eigenvalue weighted by Gasteiger charge is -2.05. The molecule has 4 N–H and O–H groups in total. The summed E-state index contributed by atoms with van der Waals surface area (Å²) in [5, 5.41) is 18.5. The highest BCUT2D eigenvalue weighted by Gasteiger charge is 2.13. The number of hydrogen-bond acceptors (Lipinski definition) is 3. The zero-order valence-electron chi connectivity index (χ0n) is 7.17. The molecule has 3 nitrogen and oxygen atoms in total. The summed E-state index contributed by atoms with van der Waals surface area (Å²) in [6, 6.07) is 0.833.